The third-order valence-electron chi connectivity index (χ3n) is 5.89. The number of amides is 1. The molecule has 0 unspecified atom stereocenters. The van der Waals surface area contributed by atoms with Crippen molar-refractivity contribution in [3.63, 3.8) is 0 Å². The molecule has 38 heavy (non-hydrogen) atoms. The molecule has 0 saturated carbocycles. The Labute approximate surface area is 225 Å². The molecule has 5 aromatic rings. The standard InChI is InChI=1S/C30H26N4O3S/c1-36-26-19-18-22(20-27(26)37-2)29-31-32-30(34(29)25-16-10-5-11-17-25)38-21-28(35)33(23-12-6-3-7-13-23)24-14-8-4-9-15-24/h3-20H,21H2,1-2H3. The lowest BCUT2D eigenvalue weighted by Crippen LogP contribution is -2.27. The molecule has 0 aliphatic rings. The highest BCUT2D eigenvalue weighted by Gasteiger charge is 2.22. The van der Waals surface area contributed by atoms with Crippen molar-refractivity contribution >= 4 is 29.0 Å². The first-order chi connectivity index (χ1) is 18.7. The van der Waals surface area contributed by atoms with Gasteiger partial charge in [-0.1, -0.05) is 66.4 Å². The molecule has 8 heteroatoms. The van der Waals surface area contributed by atoms with Gasteiger partial charge in [0.1, 0.15) is 0 Å². The third kappa shape index (κ3) is 5.26. The minimum absolute atomic E-state index is 0.0670. The first kappa shape index (κ1) is 25.1. The largest absolute Gasteiger partial charge is 0.493 e. The maximum atomic E-state index is 13.6. The molecule has 0 aliphatic heterocycles. The number of carbonyl (C=O) groups is 1. The number of thioether (sulfide) groups is 1. The second-order valence-electron chi connectivity index (χ2n) is 8.24. The number of carbonyl (C=O) groups excluding carboxylic acids is 1. The van der Waals surface area contributed by atoms with Gasteiger partial charge in [0.05, 0.1) is 20.0 Å². The summed E-state index contributed by atoms with van der Waals surface area (Å²) in [6.07, 6.45) is 0. The molecule has 5 rings (SSSR count). The van der Waals surface area contributed by atoms with Crippen LogP contribution in [0.5, 0.6) is 11.5 Å². The fraction of sp³-hybridized carbons (Fsp3) is 0.100. The quantitative estimate of drug-likeness (QED) is 0.208. The number of benzene rings is 4. The van der Waals surface area contributed by atoms with Gasteiger partial charge in [-0.3, -0.25) is 14.3 Å². The van der Waals surface area contributed by atoms with Crippen LogP contribution >= 0.6 is 11.8 Å². The zero-order chi connectivity index (χ0) is 26.3. The monoisotopic (exact) mass is 522 g/mol. The highest BCUT2D eigenvalue weighted by molar-refractivity contribution is 7.99. The van der Waals surface area contributed by atoms with Gasteiger partial charge in [0.15, 0.2) is 22.5 Å². The van der Waals surface area contributed by atoms with Crippen molar-refractivity contribution in [2.24, 2.45) is 0 Å². The van der Waals surface area contributed by atoms with E-state index in [1.165, 1.54) is 11.8 Å². The first-order valence-electron chi connectivity index (χ1n) is 12.0. The molecule has 0 N–H and O–H groups in total. The molecule has 7 nitrogen and oxygen atoms in total. The predicted octanol–water partition coefficient (Wildman–Crippen LogP) is 6.41. The molecule has 1 amide bonds. The first-order valence-corrected chi connectivity index (χ1v) is 13.0. The van der Waals surface area contributed by atoms with Crippen LogP contribution in [0.15, 0.2) is 114 Å². The van der Waals surface area contributed by atoms with Gasteiger partial charge in [0.25, 0.3) is 0 Å². The van der Waals surface area contributed by atoms with Crippen molar-refractivity contribution < 1.29 is 14.3 Å². The van der Waals surface area contributed by atoms with Crippen LogP contribution in [0.4, 0.5) is 11.4 Å². The molecule has 0 saturated heterocycles. The lowest BCUT2D eigenvalue weighted by atomic mass is 10.2. The number of aromatic nitrogens is 3. The highest BCUT2D eigenvalue weighted by Crippen LogP contribution is 2.35. The Morgan fingerprint density at radius 1 is 0.763 bits per heavy atom. The van der Waals surface area contributed by atoms with Crippen molar-refractivity contribution in [2.75, 3.05) is 24.9 Å². The second-order valence-corrected chi connectivity index (χ2v) is 9.18. The van der Waals surface area contributed by atoms with E-state index in [9.17, 15) is 4.79 Å². The Balaban J connectivity index is 1.49. The number of para-hydroxylation sites is 3. The van der Waals surface area contributed by atoms with Gasteiger partial charge in [-0.2, -0.15) is 0 Å². The molecular weight excluding hydrogens is 496 g/mol. The fourth-order valence-corrected chi connectivity index (χ4v) is 4.92. The van der Waals surface area contributed by atoms with E-state index in [1.807, 2.05) is 114 Å². The van der Waals surface area contributed by atoms with E-state index in [-0.39, 0.29) is 11.7 Å². The summed E-state index contributed by atoms with van der Waals surface area (Å²) in [4.78, 5) is 15.3. The van der Waals surface area contributed by atoms with E-state index >= 15 is 0 Å². The van der Waals surface area contributed by atoms with Gasteiger partial charge in [-0.25, -0.2) is 0 Å². The van der Waals surface area contributed by atoms with Gasteiger partial charge in [-0.15, -0.1) is 10.2 Å². The van der Waals surface area contributed by atoms with Crippen molar-refractivity contribution in [1.29, 1.82) is 0 Å². The number of hydrogen-bond donors (Lipinski definition) is 0. The summed E-state index contributed by atoms with van der Waals surface area (Å²) in [6, 6.07) is 34.7. The Bertz CT molecular complexity index is 1470. The van der Waals surface area contributed by atoms with Crippen LogP contribution in [-0.4, -0.2) is 40.6 Å². The van der Waals surface area contributed by atoms with Gasteiger partial charge < -0.3 is 9.47 Å². The van der Waals surface area contributed by atoms with Crippen LogP contribution in [-0.2, 0) is 4.79 Å². The van der Waals surface area contributed by atoms with Crippen LogP contribution in [0.1, 0.15) is 0 Å². The van der Waals surface area contributed by atoms with Crippen LogP contribution in [0.25, 0.3) is 17.1 Å². The van der Waals surface area contributed by atoms with E-state index in [0.717, 1.165) is 22.6 Å². The number of anilines is 2. The normalized spacial score (nSPS) is 10.7. The van der Waals surface area contributed by atoms with Crippen molar-refractivity contribution in [1.82, 2.24) is 14.8 Å². The smallest absolute Gasteiger partial charge is 0.242 e. The van der Waals surface area contributed by atoms with E-state index in [2.05, 4.69) is 10.2 Å². The maximum absolute atomic E-state index is 13.6. The highest BCUT2D eigenvalue weighted by atomic mass is 32.2. The van der Waals surface area contributed by atoms with Crippen molar-refractivity contribution in [3.8, 4) is 28.6 Å². The summed E-state index contributed by atoms with van der Waals surface area (Å²) in [7, 11) is 3.20. The maximum Gasteiger partial charge on any atom is 0.242 e. The van der Waals surface area contributed by atoms with Crippen LogP contribution in [0.3, 0.4) is 0 Å². The van der Waals surface area contributed by atoms with Crippen LogP contribution in [0.2, 0.25) is 0 Å². The molecule has 4 aromatic carbocycles. The summed E-state index contributed by atoms with van der Waals surface area (Å²) >= 11 is 1.34. The van der Waals surface area contributed by atoms with Crippen molar-refractivity contribution in [2.45, 2.75) is 5.16 Å². The van der Waals surface area contributed by atoms with Crippen molar-refractivity contribution in [3.05, 3.63) is 109 Å². The fourth-order valence-electron chi connectivity index (χ4n) is 4.12. The minimum Gasteiger partial charge on any atom is -0.493 e. The molecule has 0 aliphatic carbocycles. The average molecular weight is 523 g/mol. The molecule has 1 heterocycles. The Morgan fingerprint density at radius 3 is 1.92 bits per heavy atom. The number of methoxy groups -OCH3 is 2. The summed E-state index contributed by atoms with van der Waals surface area (Å²) in [5.41, 5.74) is 3.31. The van der Waals surface area contributed by atoms with E-state index in [4.69, 9.17) is 9.47 Å². The number of rotatable bonds is 9. The lowest BCUT2D eigenvalue weighted by molar-refractivity contribution is -0.115. The average Bonchev–Trinajstić information content (AvgIpc) is 3.41. The Kier molecular flexibility index (Phi) is 7.70. The molecular formula is C30H26N4O3S. The summed E-state index contributed by atoms with van der Waals surface area (Å²) < 4.78 is 12.8. The SMILES string of the molecule is COc1ccc(-c2nnc(SCC(=O)N(c3ccccc3)c3ccccc3)n2-c2ccccc2)cc1OC. The minimum atomic E-state index is -0.0670. The van der Waals surface area contributed by atoms with Gasteiger partial charge in [0, 0.05) is 22.6 Å². The van der Waals surface area contributed by atoms with E-state index < -0.39 is 0 Å². The molecule has 0 fully saturated rings. The van der Waals surface area contributed by atoms with Gasteiger partial charge >= 0.3 is 0 Å². The molecule has 0 atom stereocenters. The predicted molar refractivity (Wildman–Crippen MR) is 151 cm³/mol. The van der Waals surface area contributed by atoms with E-state index in [1.54, 1.807) is 19.1 Å². The molecule has 190 valence electrons. The number of hydrogen-bond acceptors (Lipinski definition) is 6. The summed E-state index contributed by atoms with van der Waals surface area (Å²) in [6.45, 7) is 0. The number of nitrogens with zero attached hydrogens (tertiary/aromatic N) is 4. The topological polar surface area (TPSA) is 69.5 Å². The Hall–Kier alpha value is -4.56. The third-order valence-corrected chi connectivity index (χ3v) is 6.81. The molecule has 0 radical (unpaired) electrons. The van der Waals surface area contributed by atoms with Gasteiger partial charge in [0.2, 0.25) is 5.91 Å². The molecule has 0 spiro atoms. The number of ether oxygens (including phenoxy) is 2. The summed E-state index contributed by atoms with van der Waals surface area (Å²) in [5, 5.41) is 9.59. The molecule has 1 aromatic heterocycles. The molecule has 0 bridgehead atoms. The summed E-state index contributed by atoms with van der Waals surface area (Å²) in [5.74, 6) is 1.96. The lowest BCUT2D eigenvalue weighted by Gasteiger charge is -2.23. The Morgan fingerprint density at radius 2 is 1.34 bits per heavy atom. The zero-order valence-electron chi connectivity index (χ0n) is 21.0. The van der Waals surface area contributed by atoms with Crippen LogP contribution in [0, 0.1) is 0 Å². The van der Waals surface area contributed by atoms with Gasteiger partial charge in [-0.05, 0) is 54.6 Å². The van der Waals surface area contributed by atoms with E-state index in [0.29, 0.717) is 22.5 Å². The second kappa shape index (κ2) is 11.7. The zero-order valence-corrected chi connectivity index (χ0v) is 21.8. The van der Waals surface area contributed by atoms with Crippen LogP contribution < -0.4 is 14.4 Å².